The van der Waals surface area contributed by atoms with Gasteiger partial charge in [0.2, 0.25) is 0 Å². The van der Waals surface area contributed by atoms with Crippen LogP contribution < -0.4 is 9.13 Å². The van der Waals surface area contributed by atoms with Crippen LogP contribution >= 0.6 is 0 Å². The Morgan fingerprint density at radius 3 is 1.33 bits per heavy atom. The molecule has 0 bridgehead atoms. The third-order valence-corrected chi connectivity index (χ3v) is 2.96. The van der Waals surface area contributed by atoms with E-state index in [9.17, 15) is 0 Å². The van der Waals surface area contributed by atoms with Gasteiger partial charge in [0.1, 0.15) is 13.1 Å². The lowest BCUT2D eigenvalue weighted by Crippen LogP contribution is -2.33. The van der Waals surface area contributed by atoms with Gasteiger partial charge in [0.15, 0.2) is 24.8 Å². The van der Waals surface area contributed by atoms with Crippen molar-refractivity contribution in [2.45, 2.75) is 38.8 Å². The van der Waals surface area contributed by atoms with Crippen molar-refractivity contribution in [3.8, 4) is 0 Å². The monoisotopic (exact) mass is 244 g/mol. The second-order valence-electron chi connectivity index (χ2n) is 4.38. The molecule has 0 N–H and O–H groups in total. The highest BCUT2D eigenvalue weighted by Crippen LogP contribution is 1.99. The number of unbranched alkanes of at least 4 members (excludes halogenated alkanes) is 3. The van der Waals surface area contributed by atoms with E-state index in [-0.39, 0.29) is 0 Å². The van der Waals surface area contributed by atoms with Crippen molar-refractivity contribution in [2.75, 3.05) is 0 Å². The fourth-order valence-electron chi connectivity index (χ4n) is 1.94. The highest BCUT2D eigenvalue weighted by Gasteiger charge is 2.00. The van der Waals surface area contributed by atoms with Crippen LogP contribution in [-0.4, -0.2) is 9.97 Å². The Labute approximate surface area is 108 Å². The van der Waals surface area contributed by atoms with Gasteiger partial charge in [-0.3, -0.25) is 9.97 Å². The molecule has 2 heterocycles. The van der Waals surface area contributed by atoms with E-state index in [4.69, 9.17) is 0 Å². The predicted molar refractivity (Wildman–Crippen MR) is 67.3 cm³/mol. The molecule has 0 aromatic carbocycles. The smallest absolute Gasteiger partial charge is 0.187 e. The van der Waals surface area contributed by atoms with Gasteiger partial charge in [0.05, 0.1) is 24.8 Å². The maximum absolute atomic E-state index is 4.01. The summed E-state index contributed by atoms with van der Waals surface area (Å²) in [5, 5.41) is 0. The first-order chi connectivity index (χ1) is 8.95. The van der Waals surface area contributed by atoms with Crippen LogP contribution in [0.15, 0.2) is 49.6 Å². The molecule has 0 atom stereocenters. The molecule has 4 heteroatoms. The summed E-state index contributed by atoms with van der Waals surface area (Å²) in [6, 6.07) is 0. The summed E-state index contributed by atoms with van der Waals surface area (Å²) < 4.78 is 4.37. The number of rotatable bonds is 7. The number of aromatic nitrogens is 4. The molecule has 0 spiro atoms. The van der Waals surface area contributed by atoms with Crippen LogP contribution in [0.3, 0.4) is 0 Å². The Hall–Kier alpha value is -1.84. The fourth-order valence-corrected chi connectivity index (χ4v) is 1.94. The Morgan fingerprint density at radius 1 is 0.556 bits per heavy atom. The minimum absolute atomic E-state index is 1.09. The van der Waals surface area contributed by atoms with Gasteiger partial charge in [-0.1, -0.05) is 0 Å². The molecule has 0 radical (unpaired) electrons. The van der Waals surface area contributed by atoms with Crippen molar-refractivity contribution >= 4 is 0 Å². The van der Waals surface area contributed by atoms with E-state index in [2.05, 4.69) is 19.1 Å². The molecule has 2 rings (SSSR count). The molecule has 0 aliphatic heterocycles. The molecule has 0 saturated carbocycles. The lowest BCUT2D eigenvalue weighted by molar-refractivity contribution is -0.699. The average molecular weight is 244 g/mol. The van der Waals surface area contributed by atoms with Gasteiger partial charge in [0, 0.05) is 12.8 Å². The van der Waals surface area contributed by atoms with Crippen LogP contribution in [0.25, 0.3) is 0 Å². The van der Waals surface area contributed by atoms with Crippen molar-refractivity contribution < 1.29 is 9.13 Å². The van der Waals surface area contributed by atoms with Crippen LogP contribution in [0.4, 0.5) is 0 Å². The van der Waals surface area contributed by atoms with E-state index in [1.165, 1.54) is 25.7 Å². The molecule has 2 aromatic rings. The lowest BCUT2D eigenvalue weighted by atomic mass is 10.2. The number of aryl methyl sites for hydroxylation is 2. The largest absolute Gasteiger partial charge is 0.252 e. The molecular formula is C14H20N4+2. The number of nitrogens with zero attached hydrogens (tertiary/aromatic N) is 4. The van der Waals surface area contributed by atoms with E-state index < -0.39 is 0 Å². The van der Waals surface area contributed by atoms with Crippen LogP contribution in [0.5, 0.6) is 0 Å². The van der Waals surface area contributed by atoms with E-state index >= 15 is 0 Å². The highest BCUT2D eigenvalue weighted by molar-refractivity contribution is 4.63. The van der Waals surface area contributed by atoms with Crippen LogP contribution in [0.2, 0.25) is 0 Å². The van der Waals surface area contributed by atoms with Crippen molar-refractivity contribution in [3.05, 3.63) is 49.6 Å². The topological polar surface area (TPSA) is 33.5 Å². The summed E-state index contributed by atoms with van der Waals surface area (Å²) in [7, 11) is 0. The van der Waals surface area contributed by atoms with Gasteiger partial charge in [-0.15, -0.1) is 0 Å². The average Bonchev–Trinajstić information content (AvgIpc) is 2.45. The van der Waals surface area contributed by atoms with Crippen molar-refractivity contribution in [1.29, 1.82) is 0 Å². The fraction of sp³-hybridized carbons (Fsp3) is 0.429. The molecule has 94 valence electrons. The standard InChI is InChI=1S/C14H20N4/c1(3-9-17-11-5-15-6-12-17)2-4-10-18-13-7-16-8-14-18/h5-8,11-14H,1-4,9-10H2/q+2. The Bertz CT molecular complexity index is 387. The zero-order chi connectivity index (χ0) is 12.5. The highest BCUT2D eigenvalue weighted by atomic mass is 14.9. The van der Waals surface area contributed by atoms with Gasteiger partial charge in [-0.25, -0.2) is 9.13 Å². The van der Waals surface area contributed by atoms with Crippen LogP contribution in [0.1, 0.15) is 25.7 Å². The predicted octanol–water partition coefficient (Wildman–Crippen LogP) is 1.31. The van der Waals surface area contributed by atoms with E-state index in [1.807, 2.05) is 49.6 Å². The quantitative estimate of drug-likeness (QED) is 0.543. The summed E-state index contributed by atoms with van der Waals surface area (Å²) in [4.78, 5) is 8.02. The summed E-state index contributed by atoms with van der Waals surface area (Å²) in [6.07, 6.45) is 20.4. The first-order valence-electron chi connectivity index (χ1n) is 6.53. The minimum Gasteiger partial charge on any atom is -0.252 e. The summed E-state index contributed by atoms with van der Waals surface area (Å²) in [6.45, 7) is 2.18. The van der Waals surface area contributed by atoms with Gasteiger partial charge >= 0.3 is 0 Å². The van der Waals surface area contributed by atoms with E-state index in [0.717, 1.165) is 13.1 Å². The van der Waals surface area contributed by atoms with Crippen molar-refractivity contribution in [2.24, 2.45) is 0 Å². The molecule has 0 fully saturated rings. The van der Waals surface area contributed by atoms with E-state index in [1.54, 1.807) is 0 Å². The van der Waals surface area contributed by atoms with Crippen LogP contribution in [-0.2, 0) is 13.1 Å². The van der Waals surface area contributed by atoms with Gasteiger partial charge in [-0.2, -0.15) is 0 Å². The molecule has 18 heavy (non-hydrogen) atoms. The molecule has 0 aliphatic rings. The zero-order valence-corrected chi connectivity index (χ0v) is 10.7. The number of hydrogen-bond donors (Lipinski definition) is 0. The molecule has 2 aromatic heterocycles. The third-order valence-electron chi connectivity index (χ3n) is 2.96. The third kappa shape index (κ3) is 4.57. The Morgan fingerprint density at radius 2 is 0.944 bits per heavy atom. The molecule has 0 amide bonds. The summed E-state index contributed by atoms with van der Waals surface area (Å²) in [5.74, 6) is 0. The summed E-state index contributed by atoms with van der Waals surface area (Å²) >= 11 is 0. The lowest BCUT2D eigenvalue weighted by Gasteiger charge is -1.98. The van der Waals surface area contributed by atoms with Gasteiger partial charge in [0.25, 0.3) is 0 Å². The Balaban J connectivity index is 1.54. The zero-order valence-electron chi connectivity index (χ0n) is 10.7. The first-order valence-corrected chi connectivity index (χ1v) is 6.53. The van der Waals surface area contributed by atoms with Crippen LogP contribution in [0, 0.1) is 0 Å². The second-order valence-corrected chi connectivity index (χ2v) is 4.38. The molecule has 4 nitrogen and oxygen atoms in total. The first kappa shape index (κ1) is 12.6. The SMILES string of the molecule is c1c[n+](CCCCCC[n+]2ccncc2)ccn1. The van der Waals surface area contributed by atoms with Gasteiger partial charge < -0.3 is 0 Å². The molecule has 0 saturated heterocycles. The van der Waals surface area contributed by atoms with Crippen molar-refractivity contribution in [3.63, 3.8) is 0 Å². The second kappa shape index (κ2) is 7.48. The van der Waals surface area contributed by atoms with Gasteiger partial charge in [-0.05, 0) is 12.8 Å². The molecule has 0 aliphatic carbocycles. The van der Waals surface area contributed by atoms with Crippen molar-refractivity contribution in [1.82, 2.24) is 9.97 Å². The number of hydrogen-bond acceptors (Lipinski definition) is 2. The normalized spacial score (nSPS) is 10.4. The minimum atomic E-state index is 1.09. The van der Waals surface area contributed by atoms with E-state index in [0.29, 0.717) is 0 Å². The summed E-state index contributed by atoms with van der Waals surface area (Å²) in [5.41, 5.74) is 0. The maximum Gasteiger partial charge on any atom is 0.187 e. The molecule has 0 unspecified atom stereocenters. The molecular weight excluding hydrogens is 224 g/mol. The Kier molecular flexibility index (Phi) is 5.24. The maximum atomic E-state index is 4.01.